The molecule has 0 radical (unpaired) electrons. The van der Waals surface area contributed by atoms with E-state index in [0.717, 1.165) is 25.9 Å². The number of piperidine rings is 1. The van der Waals surface area contributed by atoms with Crippen molar-refractivity contribution in [2.45, 2.75) is 59.1 Å². The summed E-state index contributed by atoms with van der Waals surface area (Å²) in [5.41, 5.74) is 5.98. The number of rotatable bonds is 8. The van der Waals surface area contributed by atoms with Gasteiger partial charge in [0.1, 0.15) is 0 Å². The molecule has 0 spiro atoms. The molecular weight excluding hydrogens is 308 g/mol. The number of hydrogen-bond acceptors (Lipinski definition) is 4. The highest BCUT2D eigenvalue weighted by Crippen LogP contribution is 2.12. The fourth-order valence-corrected chi connectivity index (χ4v) is 2.81. The molecule has 7 nitrogen and oxygen atoms in total. The van der Waals surface area contributed by atoms with Crippen molar-refractivity contribution in [1.82, 2.24) is 10.2 Å². The molecule has 1 aliphatic rings. The lowest BCUT2D eigenvalue weighted by molar-refractivity contribution is 0.0266. The minimum absolute atomic E-state index is 0.222. The van der Waals surface area contributed by atoms with Crippen molar-refractivity contribution in [2.75, 3.05) is 32.8 Å². The van der Waals surface area contributed by atoms with Crippen molar-refractivity contribution in [3.63, 3.8) is 0 Å². The summed E-state index contributed by atoms with van der Waals surface area (Å²) >= 11 is 0. The molecule has 1 atom stereocenters. The lowest BCUT2D eigenvalue weighted by Crippen LogP contribution is -2.48. The van der Waals surface area contributed by atoms with Gasteiger partial charge in [-0.2, -0.15) is 0 Å². The summed E-state index contributed by atoms with van der Waals surface area (Å²) in [5.74, 6) is 0.949. The van der Waals surface area contributed by atoms with E-state index in [9.17, 15) is 4.79 Å². The van der Waals surface area contributed by atoms with Gasteiger partial charge in [-0.3, -0.25) is 4.99 Å². The third-order valence-electron chi connectivity index (χ3n) is 4.19. The first-order valence-electron chi connectivity index (χ1n) is 9.07. The molecule has 0 bridgehead atoms. The predicted octanol–water partition coefficient (Wildman–Crippen LogP) is 1.96. The van der Waals surface area contributed by atoms with E-state index in [0.29, 0.717) is 38.1 Å². The van der Waals surface area contributed by atoms with Gasteiger partial charge in [0.15, 0.2) is 5.96 Å². The smallest absolute Gasteiger partial charge is 0.409 e. The van der Waals surface area contributed by atoms with Crippen LogP contribution in [0.15, 0.2) is 4.99 Å². The fraction of sp³-hybridized carbons (Fsp3) is 0.882. The Labute approximate surface area is 146 Å². The van der Waals surface area contributed by atoms with Crippen molar-refractivity contribution in [2.24, 2.45) is 16.6 Å². The summed E-state index contributed by atoms with van der Waals surface area (Å²) in [6.07, 6.45) is 2.56. The van der Waals surface area contributed by atoms with E-state index in [1.807, 2.05) is 13.8 Å². The number of carbonyl (C=O) groups is 1. The normalized spacial score (nSPS) is 17.9. The Balaban J connectivity index is 2.30. The number of amides is 1. The van der Waals surface area contributed by atoms with Crippen LogP contribution < -0.4 is 11.1 Å². The molecule has 0 aliphatic carbocycles. The highest BCUT2D eigenvalue weighted by Gasteiger charge is 2.23. The second kappa shape index (κ2) is 11.1. The maximum atomic E-state index is 11.7. The van der Waals surface area contributed by atoms with Crippen molar-refractivity contribution in [3.8, 4) is 0 Å². The minimum Gasteiger partial charge on any atom is -0.450 e. The van der Waals surface area contributed by atoms with Crippen LogP contribution in [0.4, 0.5) is 4.79 Å². The molecule has 0 aromatic heterocycles. The largest absolute Gasteiger partial charge is 0.450 e. The zero-order valence-electron chi connectivity index (χ0n) is 15.6. The number of nitrogens with zero attached hydrogens (tertiary/aromatic N) is 2. The Morgan fingerprint density at radius 2 is 1.96 bits per heavy atom. The van der Waals surface area contributed by atoms with E-state index in [-0.39, 0.29) is 18.2 Å². The van der Waals surface area contributed by atoms with Crippen molar-refractivity contribution in [1.29, 1.82) is 0 Å². The molecular formula is C17H34N4O3. The molecule has 1 amide bonds. The van der Waals surface area contributed by atoms with Gasteiger partial charge in [-0.05, 0) is 39.0 Å². The first-order chi connectivity index (χ1) is 11.5. The maximum absolute atomic E-state index is 11.7. The molecule has 0 saturated carbocycles. The van der Waals surface area contributed by atoms with Crippen LogP contribution in [0.25, 0.3) is 0 Å². The molecule has 1 saturated heterocycles. The van der Waals surface area contributed by atoms with Gasteiger partial charge in [0, 0.05) is 32.3 Å². The van der Waals surface area contributed by atoms with Gasteiger partial charge >= 0.3 is 6.09 Å². The van der Waals surface area contributed by atoms with Gasteiger partial charge in [-0.15, -0.1) is 0 Å². The monoisotopic (exact) mass is 342 g/mol. The van der Waals surface area contributed by atoms with Crippen molar-refractivity contribution in [3.05, 3.63) is 0 Å². The zero-order valence-corrected chi connectivity index (χ0v) is 15.6. The first kappa shape index (κ1) is 20.5. The van der Waals surface area contributed by atoms with Gasteiger partial charge in [-0.1, -0.05) is 13.8 Å². The molecule has 7 heteroatoms. The van der Waals surface area contributed by atoms with E-state index in [1.165, 1.54) is 0 Å². The molecule has 3 N–H and O–H groups in total. The molecule has 0 aromatic rings. The topological polar surface area (TPSA) is 89.2 Å². The third-order valence-corrected chi connectivity index (χ3v) is 4.19. The molecule has 1 rings (SSSR count). The SMILES string of the molecule is CCOC(=O)N1CCC(NC(N)=NCCC(OCC)C(C)C)CC1. The second-order valence-electron chi connectivity index (χ2n) is 6.40. The number of nitrogens with one attached hydrogen (secondary N) is 1. The van der Waals surface area contributed by atoms with Gasteiger partial charge in [0.25, 0.3) is 0 Å². The van der Waals surface area contributed by atoms with Crippen molar-refractivity contribution >= 4 is 12.1 Å². The number of aliphatic imine (C=N–C) groups is 1. The Bertz CT molecular complexity index is 393. The number of ether oxygens (including phenoxy) is 2. The number of guanidine groups is 1. The maximum Gasteiger partial charge on any atom is 0.409 e. The summed E-state index contributed by atoms with van der Waals surface area (Å²) in [7, 11) is 0. The Morgan fingerprint density at radius 1 is 1.29 bits per heavy atom. The van der Waals surface area contributed by atoms with E-state index in [2.05, 4.69) is 24.2 Å². The highest BCUT2D eigenvalue weighted by molar-refractivity contribution is 5.78. The summed E-state index contributed by atoms with van der Waals surface area (Å²) < 4.78 is 10.7. The van der Waals surface area contributed by atoms with Gasteiger partial charge in [0.2, 0.25) is 0 Å². The van der Waals surface area contributed by atoms with E-state index in [1.54, 1.807) is 4.90 Å². The first-order valence-corrected chi connectivity index (χ1v) is 9.07. The van der Waals surface area contributed by atoms with Crippen LogP contribution in [-0.2, 0) is 9.47 Å². The lowest BCUT2D eigenvalue weighted by Gasteiger charge is -2.31. The van der Waals surface area contributed by atoms with E-state index < -0.39 is 0 Å². The van der Waals surface area contributed by atoms with E-state index >= 15 is 0 Å². The Morgan fingerprint density at radius 3 is 2.50 bits per heavy atom. The summed E-state index contributed by atoms with van der Waals surface area (Å²) in [6.45, 7) is 11.3. The van der Waals surface area contributed by atoms with Gasteiger partial charge < -0.3 is 25.4 Å². The lowest BCUT2D eigenvalue weighted by atomic mass is 10.0. The van der Waals surface area contributed by atoms with Crippen LogP contribution in [0.3, 0.4) is 0 Å². The van der Waals surface area contributed by atoms with Crippen LogP contribution in [-0.4, -0.2) is 61.9 Å². The average Bonchev–Trinajstić information content (AvgIpc) is 2.54. The zero-order chi connectivity index (χ0) is 17.9. The quantitative estimate of drug-likeness (QED) is 0.520. The summed E-state index contributed by atoms with van der Waals surface area (Å²) in [4.78, 5) is 17.8. The molecule has 24 heavy (non-hydrogen) atoms. The number of carbonyl (C=O) groups excluding carboxylic acids is 1. The van der Waals surface area contributed by atoms with Gasteiger partial charge in [-0.25, -0.2) is 4.79 Å². The standard InChI is InChI=1S/C17H34N4O3/c1-5-23-15(13(3)4)7-10-19-16(18)20-14-8-11-21(12-9-14)17(22)24-6-2/h13-15H,5-12H2,1-4H3,(H3,18,19,20). The van der Waals surface area contributed by atoms with Crippen molar-refractivity contribution < 1.29 is 14.3 Å². The molecule has 1 aliphatic heterocycles. The molecule has 1 unspecified atom stereocenters. The number of hydrogen-bond donors (Lipinski definition) is 2. The molecule has 1 heterocycles. The number of likely N-dealkylation sites (tertiary alicyclic amines) is 1. The predicted molar refractivity (Wildman–Crippen MR) is 96.1 cm³/mol. The van der Waals surface area contributed by atoms with Crippen LogP contribution in [0, 0.1) is 5.92 Å². The number of nitrogens with two attached hydrogens (primary N) is 1. The minimum atomic E-state index is -0.228. The molecule has 0 aromatic carbocycles. The summed E-state index contributed by atoms with van der Waals surface area (Å²) in [5, 5.41) is 3.25. The highest BCUT2D eigenvalue weighted by atomic mass is 16.6. The van der Waals surface area contributed by atoms with Crippen LogP contribution in [0.5, 0.6) is 0 Å². The molecule has 1 fully saturated rings. The second-order valence-corrected chi connectivity index (χ2v) is 6.40. The average molecular weight is 342 g/mol. The molecule has 140 valence electrons. The van der Waals surface area contributed by atoms with Crippen LogP contribution in [0.2, 0.25) is 0 Å². The fourth-order valence-electron chi connectivity index (χ4n) is 2.81. The summed E-state index contributed by atoms with van der Waals surface area (Å²) in [6, 6.07) is 0.257. The van der Waals surface area contributed by atoms with Crippen LogP contribution in [0.1, 0.15) is 47.0 Å². The third kappa shape index (κ3) is 7.38. The Kier molecular flexibility index (Phi) is 9.52. The van der Waals surface area contributed by atoms with Crippen LogP contribution >= 0.6 is 0 Å². The van der Waals surface area contributed by atoms with Gasteiger partial charge in [0.05, 0.1) is 12.7 Å². The van der Waals surface area contributed by atoms with E-state index in [4.69, 9.17) is 15.2 Å². The Hall–Kier alpha value is -1.50.